The minimum Gasteiger partial charge on any atom is -0.504 e. The van der Waals surface area contributed by atoms with E-state index in [9.17, 15) is 15.0 Å². The van der Waals surface area contributed by atoms with Gasteiger partial charge in [-0.15, -0.1) is 0 Å². The van der Waals surface area contributed by atoms with E-state index in [0.717, 1.165) is 35.6 Å². The fraction of sp³-hybridized carbons (Fsp3) is 0.125. The molecule has 154 valence electrons. The van der Waals surface area contributed by atoms with Gasteiger partial charge in [-0.05, 0) is 55.0 Å². The van der Waals surface area contributed by atoms with Gasteiger partial charge in [0.05, 0.1) is 11.4 Å². The van der Waals surface area contributed by atoms with Crippen molar-refractivity contribution in [3.05, 3.63) is 72.9 Å². The number of nitrogens with zero attached hydrogens (tertiary/aromatic N) is 4. The van der Waals surface area contributed by atoms with E-state index in [-0.39, 0.29) is 17.4 Å². The zero-order chi connectivity index (χ0) is 21.4. The van der Waals surface area contributed by atoms with Gasteiger partial charge in [-0.2, -0.15) is 5.10 Å². The van der Waals surface area contributed by atoms with Crippen LogP contribution in [-0.4, -0.2) is 37.4 Å². The first-order valence-corrected chi connectivity index (χ1v) is 10.0. The molecule has 5 rings (SSSR count). The molecule has 2 aromatic heterocycles. The minimum absolute atomic E-state index is 0.154. The maximum absolute atomic E-state index is 12.0. The second-order valence-electron chi connectivity index (χ2n) is 7.41. The molecule has 1 aliphatic heterocycles. The zero-order valence-electron chi connectivity index (χ0n) is 16.6. The molecule has 0 bridgehead atoms. The van der Waals surface area contributed by atoms with Crippen molar-refractivity contribution in [3.8, 4) is 39.8 Å². The largest absolute Gasteiger partial charge is 0.504 e. The van der Waals surface area contributed by atoms with E-state index in [0.29, 0.717) is 17.8 Å². The second kappa shape index (κ2) is 7.60. The fourth-order valence-corrected chi connectivity index (χ4v) is 3.80. The highest BCUT2D eigenvalue weighted by Gasteiger charge is 2.22. The number of hydrogen-bond acceptors (Lipinski definition) is 5. The lowest BCUT2D eigenvalue weighted by Gasteiger charge is -2.15. The molecule has 1 fully saturated rings. The van der Waals surface area contributed by atoms with E-state index in [2.05, 4.69) is 4.98 Å². The lowest BCUT2D eigenvalue weighted by molar-refractivity contribution is -0.117. The number of phenolic OH excluding ortho intramolecular Hbond substituents is 2. The van der Waals surface area contributed by atoms with Crippen molar-refractivity contribution >= 4 is 11.6 Å². The smallest absolute Gasteiger partial charge is 0.227 e. The number of anilines is 1. The number of amides is 1. The Morgan fingerprint density at radius 1 is 0.871 bits per heavy atom. The number of carbonyl (C=O) groups is 1. The van der Waals surface area contributed by atoms with Crippen LogP contribution in [0.5, 0.6) is 11.5 Å². The topological polar surface area (TPSA) is 91.5 Å². The summed E-state index contributed by atoms with van der Waals surface area (Å²) in [6, 6.07) is 19.9. The van der Waals surface area contributed by atoms with Crippen LogP contribution in [-0.2, 0) is 4.79 Å². The molecule has 0 saturated carbocycles. The molecule has 1 amide bonds. The monoisotopic (exact) mass is 412 g/mol. The van der Waals surface area contributed by atoms with E-state index in [1.54, 1.807) is 21.8 Å². The molecule has 3 heterocycles. The van der Waals surface area contributed by atoms with Crippen LogP contribution in [0.25, 0.3) is 28.3 Å². The van der Waals surface area contributed by atoms with E-state index in [4.69, 9.17) is 5.10 Å². The summed E-state index contributed by atoms with van der Waals surface area (Å²) in [6.07, 6.45) is 3.17. The summed E-state index contributed by atoms with van der Waals surface area (Å²) < 4.78 is 1.71. The summed E-state index contributed by atoms with van der Waals surface area (Å²) in [6.45, 7) is 0.751. The summed E-state index contributed by atoms with van der Waals surface area (Å²) in [5.74, 6) is 0.407. The summed E-state index contributed by atoms with van der Waals surface area (Å²) >= 11 is 0. The van der Waals surface area contributed by atoms with Crippen LogP contribution in [0.2, 0.25) is 0 Å². The number of carbonyl (C=O) groups excluding carboxylic acids is 1. The average Bonchev–Trinajstić information content (AvgIpc) is 3.43. The predicted octanol–water partition coefficient (Wildman–Crippen LogP) is 4.14. The van der Waals surface area contributed by atoms with Crippen molar-refractivity contribution in [1.29, 1.82) is 0 Å². The van der Waals surface area contributed by atoms with Gasteiger partial charge in [0.25, 0.3) is 0 Å². The van der Waals surface area contributed by atoms with Gasteiger partial charge in [0.1, 0.15) is 0 Å². The standard InChI is InChI=1S/C24H20N4O3/c29-21-11-8-17(14-22(21)30)20-15-19(26-28(20)23-4-1-2-12-25-23)16-6-9-18(10-7-16)27-13-3-5-24(27)31/h1-2,4,6-12,14-15,29-30H,3,5,13H2. The molecule has 7 nitrogen and oxygen atoms in total. The number of aromatic nitrogens is 3. The van der Waals surface area contributed by atoms with Crippen LogP contribution in [0.15, 0.2) is 72.9 Å². The summed E-state index contributed by atoms with van der Waals surface area (Å²) in [5, 5.41) is 24.4. The Morgan fingerprint density at radius 2 is 1.68 bits per heavy atom. The number of aromatic hydroxyl groups is 2. The molecule has 0 aliphatic carbocycles. The van der Waals surface area contributed by atoms with Crippen LogP contribution in [0, 0.1) is 0 Å². The third-order valence-electron chi connectivity index (χ3n) is 5.39. The highest BCUT2D eigenvalue weighted by molar-refractivity contribution is 5.95. The third kappa shape index (κ3) is 3.50. The number of rotatable bonds is 4. The molecular weight excluding hydrogens is 392 g/mol. The van der Waals surface area contributed by atoms with Gasteiger partial charge >= 0.3 is 0 Å². The number of pyridine rings is 1. The number of hydrogen-bond donors (Lipinski definition) is 2. The van der Waals surface area contributed by atoms with Crippen molar-refractivity contribution in [1.82, 2.24) is 14.8 Å². The Hall–Kier alpha value is -4.13. The van der Waals surface area contributed by atoms with E-state index in [1.807, 2.05) is 48.5 Å². The van der Waals surface area contributed by atoms with Crippen molar-refractivity contribution in [3.63, 3.8) is 0 Å². The molecular formula is C24H20N4O3. The average molecular weight is 412 g/mol. The molecule has 0 radical (unpaired) electrons. The van der Waals surface area contributed by atoms with Gasteiger partial charge in [0.15, 0.2) is 17.3 Å². The Bertz CT molecular complexity index is 1250. The van der Waals surface area contributed by atoms with Crippen molar-refractivity contribution in [2.75, 3.05) is 11.4 Å². The predicted molar refractivity (Wildman–Crippen MR) is 117 cm³/mol. The summed E-state index contributed by atoms with van der Waals surface area (Å²) in [7, 11) is 0. The van der Waals surface area contributed by atoms with Gasteiger partial charge in [0, 0.05) is 36.0 Å². The fourth-order valence-electron chi connectivity index (χ4n) is 3.80. The van der Waals surface area contributed by atoms with E-state index >= 15 is 0 Å². The molecule has 0 unspecified atom stereocenters. The Labute approximate surface area is 178 Å². The summed E-state index contributed by atoms with van der Waals surface area (Å²) in [4.78, 5) is 18.2. The molecule has 1 aliphatic rings. The highest BCUT2D eigenvalue weighted by Crippen LogP contribution is 2.34. The van der Waals surface area contributed by atoms with Crippen LogP contribution < -0.4 is 4.90 Å². The molecule has 2 N–H and O–H groups in total. The lowest BCUT2D eigenvalue weighted by atomic mass is 10.1. The molecule has 0 atom stereocenters. The van der Waals surface area contributed by atoms with Crippen LogP contribution in [0.1, 0.15) is 12.8 Å². The zero-order valence-corrected chi connectivity index (χ0v) is 16.6. The molecule has 31 heavy (non-hydrogen) atoms. The number of phenols is 2. The summed E-state index contributed by atoms with van der Waals surface area (Å²) in [5.41, 5.74) is 3.93. The maximum atomic E-state index is 12.0. The SMILES string of the molecule is O=C1CCCN1c1ccc(-c2cc(-c3ccc(O)c(O)c3)n(-c3ccccn3)n2)cc1. The van der Waals surface area contributed by atoms with E-state index in [1.165, 1.54) is 12.1 Å². The molecule has 7 heteroatoms. The van der Waals surface area contributed by atoms with Crippen molar-refractivity contribution in [2.24, 2.45) is 0 Å². The molecule has 1 saturated heterocycles. The van der Waals surface area contributed by atoms with Gasteiger partial charge < -0.3 is 15.1 Å². The maximum Gasteiger partial charge on any atom is 0.227 e. The third-order valence-corrected chi connectivity index (χ3v) is 5.39. The van der Waals surface area contributed by atoms with Gasteiger partial charge in [-0.25, -0.2) is 9.67 Å². The lowest BCUT2D eigenvalue weighted by Crippen LogP contribution is -2.23. The van der Waals surface area contributed by atoms with E-state index < -0.39 is 0 Å². The minimum atomic E-state index is -0.201. The quantitative estimate of drug-likeness (QED) is 0.492. The molecule has 0 spiro atoms. The van der Waals surface area contributed by atoms with Crippen LogP contribution in [0.3, 0.4) is 0 Å². The van der Waals surface area contributed by atoms with Crippen molar-refractivity contribution in [2.45, 2.75) is 12.8 Å². The number of benzene rings is 2. The van der Waals surface area contributed by atoms with Crippen molar-refractivity contribution < 1.29 is 15.0 Å². The first-order valence-electron chi connectivity index (χ1n) is 10.0. The first kappa shape index (κ1) is 18.9. The second-order valence-corrected chi connectivity index (χ2v) is 7.41. The van der Waals surface area contributed by atoms with Gasteiger partial charge in [0.2, 0.25) is 5.91 Å². The van der Waals surface area contributed by atoms with Crippen LogP contribution in [0.4, 0.5) is 5.69 Å². The Morgan fingerprint density at radius 3 is 2.35 bits per heavy atom. The Kier molecular flexibility index (Phi) is 4.63. The Balaban J connectivity index is 1.57. The molecule has 2 aromatic carbocycles. The first-order chi connectivity index (χ1) is 15.1. The normalized spacial score (nSPS) is 13.7. The molecule has 4 aromatic rings. The highest BCUT2D eigenvalue weighted by atomic mass is 16.3. The van der Waals surface area contributed by atoms with Gasteiger partial charge in [-0.1, -0.05) is 18.2 Å². The van der Waals surface area contributed by atoms with Gasteiger partial charge in [-0.3, -0.25) is 4.79 Å². The van der Waals surface area contributed by atoms with Crippen LogP contribution >= 0.6 is 0 Å².